The fourth-order valence-electron chi connectivity index (χ4n) is 2.32. The van der Waals surface area contributed by atoms with Gasteiger partial charge < -0.3 is 20.1 Å². The lowest BCUT2D eigenvalue weighted by Crippen LogP contribution is -2.42. The van der Waals surface area contributed by atoms with Crippen LogP contribution < -0.4 is 5.32 Å². The van der Waals surface area contributed by atoms with Crippen molar-refractivity contribution in [2.75, 3.05) is 32.8 Å². The summed E-state index contributed by atoms with van der Waals surface area (Å²) in [5.74, 6) is 0.253. The lowest BCUT2D eigenvalue weighted by atomic mass is 10.1. The van der Waals surface area contributed by atoms with E-state index >= 15 is 0 Å². The number of rotatable bonds is 7. The molecule has 0 aromatic carbocycles. The number of amides is 1. The van der Waals surface area contributed by atoms with E-state index in [0.717, 1.165) is 32.5 Å². The average Bonchev–Trinajstić information content (AvgIpc) is 3.21. The van der Waals surface area contributed by atoms with Crippen LogP contribution in [0.15, 0.2) is 0 Å². The van der Waals surface area contributed by atoms with Crippen molar-refractivity contribution >= 4 is 5.91 Å². The molecule has 5 nitrogen and oxygen atoms in total. The summed E-state index contributed by atoms with van der Waals surface area (Å²) in [4.78, 5) is 13.9. The summed E-state index contributed by atoms with van der Waals surface area (Å²) in [7, 11) is 0. The van der Waals surface area contributed by atoms with Gasteiger partial charge in [0.2, 0.25) is 5.91 Å². The second-order valence-corrected chi connectivity index (χ2v) is 5.15. The van der Waals surface area contributed by atoms with Gasteiger partial charge in [0.05, 0.1) is 19.3 Å². The monoisotopic (exact) mass is 256 g/mol. The molecule has 1 heterocycles. The molecule has 0 unspecified atom stereocenters. The topological polar surface area (TPSA) is 61.8 Å². The largest absolute Gasteiger partial charge is 0.394 e. The van der Waals surface area contributed by atoms with Crippen molar-refractivity contribution in [1.29, 1.82) is 0 Å². The summed E-state index contributed by atoms with van der Waals surface area (Å²) in [5, 5.41) is 12.1. The van der Waals surface area contributed by atoms with Gasteiger partial charge in [-0.2, -0.15) is 0 Å². The van der Waals surface area contributed by atoms with Crippen LogP contribution in [0.1, 0.15) is 32.1 Å². The minimum Gasteiger partial charge on any atom is -0.394 e. The third-order valence-electron chi connectivity index (χ3n) is 3.59. The smallest absolute Gasteiger partial charge is 0.223 e. The minimum atomic E-state index is 0.0754. The number of hydrogen-bond donors (Lipinski definition) is 2. The van der Waals surface area contributed by atoms with Crippen LogP contribution in [-0.4, -0.2) is 60.9 Å². The lowest BCUT2D eigenvalue weighted by molar-refractivity contribution is -0.133. The van der Waals surface area contributed by atoms with Gasteiger partial charge in [0.1, 0.15) is 0 Å². The Morgan fingerprint density at radius 1 is 1.28 bits per heavy atom. The summed E-state index contributed by atoms with van der Waals surface area (Å²) >= 11 is 0. The predicted molar refractivity (Wildman–Crippen MR) is 68.3 cm³/mol. The van der Waals surface area contributed by atoms with Crippen LogP contribution >= 0.6 is 0 Å². The number of nitrogens with zero attached hydrogens (tertiary/aromatic N) is 1. The van der Waals surface area contributed by atoms with E-state index in [0.29, 0.717) is 19.1 Å². The van der Waals surface area contributed by atoms with Gasteiger partial charge in [-0.15, -0.1) is 0 Å². The number of piperidine rings is 1. The van der Waals surface area contributed by atoms with Gasteiger partial charge in [0.15, 0.2) is 0 Å². The van der Waals surface area contributed by atoms with Gasteiger partial charge in [-0.25, -0.2) is 0 Å². The van der Waals surface area contributed by atoms with Crippen LogP contribution in [0.2, 0.25) is 0 Å². The molecule has 5 heteroatoms. The summed E-state index contributed by atoms with van der Waals surface area (Å²) in [6.07, 6.45) is 5.14. The lowest BCUT2D eigenvalue weighted by Gasteiger charge is -2.32. The van der Waals surface area contributed by atoms with Crippen molar-refractivity contribution in [2.45, 2.75) is 44.2 Å². The fourth-order valence-corrected chi connectivity index (χ4v) is 2.32. The molecule has 2 N–H and O–H groups in total. The number of ether oxygens (including phenoxy) is 1. The fraction of sp³-hybridized carbons (Fsp3) is 0.923. The normalized spacial score (nSPS) is 21.3. The van der Waals surface area contributed by atoms with Crippen LogP contribution in [0.3, 0.4) is 0 Å². The molecule has 18 heavy (non-hydrogen) atoms. The third kappa shape index (κ3) is 4.55. The maximum Gasteiger partial charge on any atom is 0.223 e. The first-order valence-electron chi connectivity index (χ1n) is 7.03. The SMILES string of the molecule is O=C(CCNC1CC1)N1CCC(OCCO)CC1. The van der Waals surface area contributed by atoms with Crippen molar-refractivity contribution in [2.24, 2.45) is 0 Å². The molecule has 0 bridgehead atoms. The van der Waals surface area contributed by atoms with Crippen molar-refractivity contribution in [3.05, 3.63) is 0 Å². The van der Waals surface area contributed by atoms with Gasteiger partial charge >= 0.3 is 0 Å². The number of likely N-dealkylation sites (tertiary alicyclic amines) is 1. The van der Waals surface area contributed by atoms with E-state index in [2.05, 4.69) is 5.32 Å². The number of carbonyl (C=O) groups excluding carboxylic acids is 1. The molecule has 0 atom stereocenters. The first-order chi connectivity index (χ1) is 8.79. The van der Waals surface area contributed by atoms with Crippen LogP contribution in [-0.2, 0) is 9.53 Å². The molecule has 2 rings (SSSR count). The molecule has 2 aliphatic rings. The second-order valence-electron chi connectivity index (χ2n) is 5.15. The van der Waals surface area contributed by atoms with Crippen molar-refractivity contribution < 1.29 is 14.6 Å². The highest BCUT2D eigenvalue weighted by atomic mass is 16.5. The molecule has 0 spiro atoms. The Bertz CT molecular complexity index is 261. The first-order valence-corrected chi connectivity index (χ1v) is 7.03. The molecule has 0 aromatic heterocycles. The number of aliphatic hydroxyl groups excluding tert-OH is 1. The average molecular weight is 256 g/mol. The Balaban J connectivity index is 1.57. The molecular formula is C13H24N2O3. The first kappa shape index (κ1) is 13.8. The van der Waals surface area contributed by atoms with E-state index in [4.69, 9.17) is 9.84 Å². The minimum absolute atomic E-state index is 0.0754. The van der Waals surface area contributed by atoms with E-state index in [1.807, 2.05) is 4.90 Å². The van der Waals surface area contributed by atoms with Gasteiger partial charge in [-0.05, 0) is 25.7 Å². The maximum absolute atomic E-state index is 11.9. The Morgan fingerprint density at radius 3 is 2.61 bits per heavy atom. The van der Waals surface area contributed by atoms with Crippen molar-refractivity contribution in [3.63, 3.8) is 0 Å². The van der Waals surface area contributed by atoms with E-state index < -0.39 is 0 Å². The highest BCUT2D eigenvalue weighted by molar-refractivity contribution is 5.76. The van der Waals surface area contributed by atoms with Crippen molar-refractivity contribution in [1.82, 2.24) is 10.2 Å². The zero-order chi connectivity index (χ0) is 12.8. The van der Waals surface area contributed by atoms with E-state index in [1.165, 1.54) is 12.8 Å². The Labute approximate surface area is 108 Å². The number of aliphatic hydroxyl groups is 1. The van der Waals surface area contributed by atoms with Crippen LogP contribution in [0, 0.1) is 0 Å². The van der Waals surface area contributed by atoms with E-state index in [1.54, 1.807) is 0 Å². The number of hydrogen-bond acceptors (Lipinski definition) is 4. The summed E-state index contributed by atoms with van der Waals surface area (Å²) in [6, 6.07) is 0.676. The molecule has 0 aromatic rings. The molecule has 2 fully saturated rings. The van der Waals surface area contributed by atoms with Crippen LogP contribution in [0.4, 0.5) is 0 Å². The zero-order valence-electron chi connectivity index (χ0n) is 10.9. The molecule has 1 saturated carbocycles. The van der Waals surface area contributed by atoms with Gasteiger partial charge in [-0.3, -0.25) is 4.79 Å². The molecule has 1 saturated heterocycles. The predicted octanol–water partition coefficient (Wildman–Crippen LogP) is 0.128. The van der Waals surface area contributed by atoms with Gasteiger partial charge in [0.25, 0.3) is 0 Å². The van der Waals surface area contributed by atoms with Crippen molar-refractivity contribution in [3.8, 4) is 0 Å². The second kappa shape index (κ2) is 7.07. The number of carbonyl (C=O) groups is 1. The van der Waals surface area contributed by atoms with Gasteiger partial charge in [-0.1, -0.05) is 0 Å². The molecule has 1 aliphatic carbocycles. The molecule has 1 aliphatic heterocycles. The van der Waals surface area contributed by atoms with Crippen LogP contribution in [0.25, 0.3) is 0 Å². The highest BCUT2D eigenvalue weighted by Crippen LogP contribution is 2.18. The summed E-state index contributed by atoms with van der Waals surface area (Å²) in [6.45, 7) is 2.87. The Kier molecular flexibility index (Phi) is 5.41. The Morgan fingerprint density at radius 2 is 2.00 bits per heavy atom. The van der Waals surface area contributed by atoms with Gasteiger partial charge in [0, 0.05) is 32.1 Å². The molecule has 1 amide bonds. The molecule has 0 radical (unpaired) electrons. The molecular weight excluding hydrogens is 232 g/mol. The maximum atomic E-state index is 11.9. The van der Waals surface area contributed by atoms with E-state index in [-0.39, 0.29) is 18.6 Å². The quantitative estimate of drug-likeness (QED) is 0.679. The summed E-state index contributed by atoms with van der Waals surface area (Å²) in [5.41, 5.74) is 0. The highest BCUT2D eigenvalue weighted by Gasteiger charge is 2.24. The standard InChI is InChI=1S/C13H24N2O3/c16-9-10-18-12-4-7-15(8-5-12)13(17)3-6-14-11-1-2-11/h11-12,14,16H,1-10H2. The summed E-state index contributed by atoms with van der Waals surface area (Å²) < 4.78 is 5.48. The van der Waals surface area contributed by atoms with E-state index in [9.17, 15) is 4.79 Å². The molecule has 104 valence electrons. The Hall–Kier alpha value is -0.650. The third-order valence-corrected chi connectivity index (χ3v) is 3.59. The number of nitrogens with one attached hydrogen (secondary N) is 1. The van der Waals surface area contributed by atoms with Crippen LogP contribution in [0.5, 0.6) is 0 Å². The zero-order valence-corrected chi connectivity index (χ0v) is 10.9.